The second-order valence-corrected chi connectivity index (χ2v) is 9.39. The van der Waals surface area contributed by atoms with Crippen LogP contribution in [0.2, 0.25) is 0 Å². The van der Waals surface area contributed by atoms with Gasteiger partial charge in [0.15, 0.2) is 18.2 Å². The average molecular weight is 399 g/mol. The molecule has 4 aliphatic heterocycles. The van der Waals surface area contributed by atoms with E-state index in [0.29, 0.717) is 24.0 Å². The number of rotatable bonds is 3. The van der Waals surface area contributed by atoms with Gasteiger partial charge in [-0.25, -0.2) is 9.78 Å². The van der Waals surface area contributed by atoms with Crippen molar-refractivity contribution in [2.24, 2.45) is 23.7 Å². The molecule has 2 bridgehead atoms. The molecular weight excluding hydrogens is 370 g/mol. The van der Waals surface area contributed by atoms with E-state index in [1.807, 2.05) is 31.2 Å². The minimum absolute atomic E-state index is 0.161. The summed E-state index contributed by atoms with van der Waals surface area (Å²) < 4.78 is 19.0. The van der Waals surface area contributed by atoms with E-state index < -0.39 is 17.7 Å². The Bertz CT molecular complexity index is 806. The number of benzene rings is 1. The van der Waals surface area contributed by atoms with Crippen LogP contribution in [0.5, 0.6) is 0 Å². The first-order chi connectivity index (χ1) is 13.9. The molecule has 0 unspecified atom stereocenters. The zero-order chi connectivity index (χ0) is 20.2. The summed E-state index contributed by atoms with van der Waals surface area (Å²) in [6.07, 6.45) is 3.21. The quantitative estimate of drug-likeness (QED) is 0.707. The van der Waals surface area contributed by atoms with Gasteiger partial charge in [0.05, 0.1) is 18.2 Å². The van der Waals surface area contributed by atoms with Crippen LogP contribution in [0.4, 0.5) is 0 Å². The molecule has 0 N–H and O–H groups in total. The van der Waals surface area contributed by atoms with Crippen molar-refractivity contribution in [2.75, 3.05) is 0 Å². The molecule has 1 aromatic rings. The smallest absolute Gasteiger partial charge is 0.201 e. The van der Waals surface area contributed by atoms with Crippen LogP contribution < -0.4 is 0 Å². The lowest BCUT2D eigenvalue weighted by Crippen LogP contribution is -2.70. The van der Waals surface area contributed by atoms with Gasteiger partial charge in [-0.2, -0.15) is 5.26 Å². The molecule has 0 aromatic heterocycles. The van der Waals surface area contributed by atoms with Crippen LogP contribution in [-0.4, -0.2) is 24.0 Å². The SMILES string of the molecule is C[C@H]1[C@H](OCc2ccc(C#N)cc2)O[C@@H]2O[C@@]3(C)CC[C@H]4[C@H](C)CC[C@@H]1[C@@]24OO3. The van der Waals surface area contributed by atoms with Gasteiger partial charge in [0.2, 0.25) is 5.79 Å². The molecule has 6 rings (SSSR count). The number of nitriles is 1. The largest absolute Gasteiger partial charge is 0.348 e. The number of nitrogens with zero attached hydrogens (tertiary/aromatic N) is 1. The van der Waals surface area contributed by atoms with Crippen molar-refractivity contribution in [3.8, 4) is 6.07 Å². The highest BCUT2D eigenvalue weighted by Gasteiger charge is 2.69. The molecule has 1 saturated carbocycles. The van der Waals surface area contributed by atoms with Crippen molar-refractivity contribution in [2.45, 2.75) is 77.0 Å². The molecule has 0 radical (unpaired) electrons. The number of hydrogen-bond donors (Lipinski definition) is 0. The Hall–Kier alpha value is -1.49. The molecule has 1 spiro atoms. The van der Waals surface area contributed by atoms with E-state index in [9.17, 15) is 0 Å². The van der Waals surface area contributed by atoms with Crippen LogP contribution in [0, 0.1) is 35.0 Å². The van der Waals surface area contributed by atoms with Gasteiger partial charge in [-0.05, 0) is 55.7 Å². The molecule has 8 atom stereocenters. The molecule has 4 saturated heterocycles. The Morgan fingerprint density at radius 3 is 2.66 bits per heavy atom. The first-order valence-electron chi connectivity index (χ1n) is 10.8. The Kier molecular flexibility index (Phi) is 4.73. The lowest BCUT2D eigenvalue weighted by molar-refractivity contribution is -0.577. The van der Waals surface area contributed by atoms with E-state index in [1.54, 1.807) is 0 Å². The third-order valence-electron chi connectivity index (χ3n) is 7.59. The fourth-order valence-electron chi connectivity index (χ4n) is 5.92. The highest BCUT2D eigenvalue weighted by Crippen LogP contribution is 2.60. The first-order valence-corrected chi connectivity index (χ1v) is 10.8. The second kappa shape index (κ2) is 7.04. The summed E-state index contributed by atoms with van der Waals surface area (Å²) in [5.41, 5.74) is 1.11. The maximum Gasteiger partial charge on any atom is 0.201 e. The van der Waals surface area contributed by atoms with Crippen molar-refractivity contribution in [1.29, 1.82) is 5.26 Å². The summed E-state index contributed by atoms with van der Waals surface area (Å²) in [6.45, 7) is 6.87. The van der Waals surface area contributed by atoms with Crippen molar-refractivity contribution in [3.05, 3.63) is 35.4 Å². The van der Waals surface area contributed by atoms with E-state index in [-0.39, 0.29) is 18.1 Å². The molecule has 5 fully saturated rings. The third kappa shape index (κ3) is 3.03. The Morgan fingerprint density at radius 1 is 1.10 bits per heavy atom. The third-order valence-corrected chi connectivity index (χ3v) is 7.59. The predicted molar refractivity (Wildman–Crippen MR) is 103 cm³/mol. The van der Waals surface area contributed by atoms with E-state index >= 15 is 0 Å². The fourth-order valence-corrected chi connectivity index (χ4v) is 5.92. The van der Waals surface area contributed by atoms with Gasteiger partial charge >= 0.3 is 0 Å². The Labute approximate surface area is 172 Å². The van der Waals surface area contributed by atoms with Crippen molar-refractivity contribution >= 4 is 0 Å². The van der Waals surface area contributed by atoms with Gasteiger partial charge in [0, 0.05) is 18.3 Å². The van der Waals surface area contributed by atoms with Crippen molar-refractivity contribution in [1.82, 2.24) is 0 Å². The maximum atomic E-state index is 8.97. The highest BCUT2D eigenvalue weighted by molar-refractivity contribution is 5.31. The van der Waals surface area contributed by atoms with Crippen LogP contribution in [0.25, 0.3) is 0 Å². The van der Waals surface area contributed by atoms with Gasteiger partial charge in [0.25, 0.3) is 0 Å². The lowest BCUT2D eigenvalue weighted by atomic mass is 9.58. The van der Waals surface area contributed by atoms with E-state index in [2.05, 4.69) is 19.9 Å². The number of hydrogen-bond acceptors (Lipinski definition) is 6. The summed E-state index contributed by atoms with van der Waals surface area (Å²) in [5, 5.41) is 8.97. The maximum absolute atomic E-state index is 8.97. The van der Waals surface area contributed by atoms with Gasteiger partial charge in [-0.15, -0.1) is 0 Å². The summed E-state index contributed by atoms with van der Waals surface area (Å²) in [4.78, 5) is 12.0. The van der Waals surface area contributed by atoms with Crippen LogP contribution >= 0.6 is 0 Å². The number of ether oxygens (including phenoxy) is 3. The Morgan fingerprint density at radius 2 is 1.90 bits per heavy atom. The van der Waals surface area contributed by atoms with Gasteiger partial charge in [-0.3, -0.25) is 0 Å². The highest BCUT2D eigenvalue weighted by atomic mass is 17.3. The molecule has 156 valence electrons. The molecular formula is C23H29NO5. The molecule has 6 nitrogen and oxygen atoms in total. The zero-order valence-electron chi connectivity index (χ0n) is 17.3. The monoisotopic (exact) mass is 399 g/mol. The first kappa shape index (κ1) is 19.5. The van der Waals surface area contributed by atoms with Crippen molar-refractivity contribution in [3.63, 3.8) is 0 Å². The van der Waals surface area contributed by atoms with Gasteiger partial charge < -0.3 is 14.2 Å². The zero-order valence-corrected chi connectivity index (χ0v) is 17.3. The van der Waals surface area contributed by atoms with Crippen LogP contribution in [0.1, 0.15) is 57.6 Å². The second-order valence-electron chi connectivity index (χ2n) is 9.39. The molecule has 1 aliphatic carbocycles. The minimum Gasteiger partial charge on any atom is -0.348 e. The predicted octanol–water partition coefficient (Wildman–Crippen LogP) is 4.28. The van der Waals surface area contributed by atoms with Gasteiger partial charge in [0.1, 0.15) is 0 Å². The van der Waals surface area contributed by atoms with Gasteiger partial charge in [-0.1, -0.05) is 26.0 Å². The molecule has 0 amide bonds. The van der Waals surface area contributed by atoms with E-state index in [1.165, 1.54) is 6.42 Å². The van der Waals surface area contributed by atoms with E-state index in [0.717, 1.165) is 24.8 Å². The standard InChI is InChI=1S/C23H29NO5/c1-14-4-9-19-15(2)20(25-13-17-7-5-16(12-24)6-8-17)26-21-23(19)18(14)10-11-22(3,27-21)28-29-23/h5-8,14-15,18-21H,4,9-11,13H2,1-3H3/t14-,15-,18+,19+,20-,21-,22-,23-/m1/s1. The minimum atomic E-state index is -0.768. The van der Waals surface area contributed by atoms with Crippen LogP contribution in [0.3, 0.4) is 0 Å². The topological polar surface area (TPSA) is 69.9 Å². The van der Waals surface area contributed by atoms with Crippen molar-refractivity contribution < 1.29 is 24.0 Å². The summed E-state index contributed by atoms with van der Waals surface area (Å²) in [6, 6.07) is 9.61. The van der Waals surface area contributed by atoms with Crippen LogP contribution in [-0.2, 0) is 30.6 Å². The number of fused-ring (bicyclic) bond motifs is 2. The Balaban J connectivity index is 1.39. The molecule has 6 heteroatoms. The van der Waals surface area contributed by atoms with E-state index in [4.69, 9.17) is 29.2 Å². The molecule has 4 heterocycles. The molecule has 5 aliphatic rings. The molecule has 29 heavy (non-hydrogen) atoms. The summed E-state index contributed by atoms with van der Waals surface area (Å²) in [7, 11) is 0. The van der Waals surface area contributed by atoms with Crippen LogP contribution in [0.15, 0.2) is 24.3 Å². The average Bonchev–Trinajstić information content (AvgIpc) is 2.96. The fraction of sp³-hybridized carbons (Fsp3) is 0.696. The normalized spacial score (nSPS) is 45.9. The molecule has 1 aromatic carbocycles. The lowest BCUT2D eigenvalue weighted by Gasteiger charge is -2.60. The summed E-state index contributed by atoms with van der Waals surface area (Å²) >= 11 is 0. The summed E-state index contributed by atoms with van der Waals surface area (Å²) in [5.74, 6) is 0.562.